The molecule has 0 aliphatic rings. The van der Waals surface area contributed by atoms with Gasteiger partial charge in [-0.15, -0.1) is 0 Å². The zero-order valence-corrected chi connectivity index (χ0v) is 6.53. The quantitative estimate of drug-likeness (QED) is 0.514. The summed E-state index contributed by atoms with van der Waals surface area (Å²) in [5.41, 5.74) is 0. The van der Waals surface area contributed by atoms with Crippen LogP contribution < -0.4 is 0 Å². The summed E-state index contributed by atoms with van der Waals surface area (Å²) in [6.45, 7) is 0. The fourth-order valence-corrected chi connectivity index (χ4v) is 0. The number of rotatable bonds is 0. The Morgan fingerprint density at radius 3 is 1.00 bits per heavy atom. The van der Waals surface area contributed by atoms with Crippen molar-refractivity contribution in [2.75, 3.05) is 0 Å². The van der Waals surface area contributed by atoms with Gasteiger partial charge in [-0.1, -0.05) is 0 Å². The van der Waals surface area contributed by atoms with Crippen LogP contribution in [0.1, 0.15) is 0 Å². The summed E-state index contributed by atoms with van der Waals surface area (Å²) in [6, 6.07) is 0. The fraction of sp³-hybridized carbons (Fsp3) is 0. The van der Waals surface area contributed by atoms with Crippen LogP contribution in [-0.4, -0.2) is 5.48 Å². The second-order valence-electron chi connectivity index (χ2n) is 0. The second kappa shape index (κ2) is 18.5. The summed E-state index contributed by atoms with van der Waals surface area (Å²) >= 11 is 0. The summed E-state index contributed by atoms with van der Waals surface area (Å²) in [4.78, 5) is 0. The molecular weight excluding hydrogens is 255 g/mol. The maximum atomic E-state index is 0. The molecule has 0 aliphatic carbocycles. The Morgan fingerprint density at radius 1 is 1.00 bits per heavy atom. The van der Waals surface area contributed by atoms with Crippen LogP contribution in [0, 0.1) is 38.6 Å². The van der Waals surface area contributed by atoms with Gasteiger partial charge in [-0.2, -0.15) is 13.5 Å². The van der Waals surface area contributed by atoms with Crippen LogP contribution in [0.15, 0.2) is 0 Å². The molecule has 0 spiro atoms. The molecule has 4 heteroatoms. The van der Waals surface area contributed by atoms with E-state index in [-0.39, 0.29) is 79.3 Å². The topological polar surface area (TPSA) is 31.5 Å². The fourth-order valence-electron chi connectivity index (χ4n) is 0. The van der Waals surface area contributed by atoms with E-state index in [4.69, 9.17) is 0 Å². The summed E-state index contributed by atoms with van der Waals surface area (Å²) in [7, 11) is 0. The predicted molar refractivity (Wildman–Crippen MR) is 14.0 cm³/mol. The summed E-state index contributed by atoms with van der Waals surface area (Å²) in [6.07, 6.45) is 0. The van der Waals surface area contributed by atoms with Crippen molar-refractivity contribution < 1.29 is 65.8 Å². The Bertz CT molecular complexity index is 8.00. The van der Waals surface area contributed by atoms with E-state index in [9.17, 15) is 0 Å². The largest absolute Gasteiger partial charge is 0.412 e. The van der Waals surface area contributed by atoms with Crippen LogP contribution in [0.3, 0.4) is 0 Å². The van der Waals surface area contributed by atoms with Gasteiger partial charge in [0.1, 0.15) is 0 Å². The smallest absolute Gasteiger partial charge is 0 e. The van der Waals surface area contributed by atoms with Gasteiger partial charge in [0.05, 0.1) is 0 Å². The van der Waals surface area contributed by atoms with Gasteiger partial charge in [-0.3, -0.25) is 0 Å². The SMILES string of the molecule is O.S.[Tb].[Ti]. The summed E-state index contributed by atoms with van der Waals surface area (Å²) in [5.74, 6) is 0. The molecule has 0 aromatic carbocycles. The maximum Gasteiger partial charge on any atom is 0 e. The van der Waals surface area contributed by atoms with Crippen molar-refractivity contribution in [2.45, 2.75) is 0 Å². The van der Waals surface area contributed by atoms with E-state index in [0.717, 1.165) is 0 Å². The molecule has 4 heavy (non-hydrogen) atoms. The van der Waals surface area contributed by atoms with Gasteiger partial charge in [0, 0.05) is 60.3 Å². The Morgan fingerprint density at radius 2 is 1.00 bits per heavy atom. The molecule has 0 heterocycles. The first kappa shape index (κ1) is 33.3. The van der Waals surface area contributed by atoms with Gasteiger partial charge >= 0.3 is 0 Å². The van der Waals surface area contributed by atoms with Crippen molar-refractivity contribution in [3.63, 3.8) is 0 Å². The molecule has 0 aromatic heterocycles. The Labute approximate surface area is 78.0 Å². The maximum absolute atomic E-state index is 0. The normalized spacial score (nSPS) is 0. The average molecular weight is 259 g/mol. The van der Waals surface area contributed by atoms with E-state index in [1.807, 2.05) is 0 Å². The van der Waals surface area contributed by atoms with Crippen LogP contribution >= 0.6 is 13.5 Å². The zero-order chi connectivity index (χ0) is 0. The second-order valence-corrected chi connectivity index (χ2v) is 0. The van der Waals surface area contributed by atoms with Crippen molar-refractivity contribution in [3.05, 3.63) is 0 Å². The molecule has 0 rings (SSSR count). The van der Waals surface area contributed by atoms with Gasteiger partial charge in [0.2, 0.25) is 0 Å². The average Bonchev–Trinajstić information content (AvgIpc) is 0. The van der Waals surface area contributed by atoms with Crippen molar-refractivity contribution in [2.24, 2.45) is 0 Å². The van der Waals surface area contributed by atoms with Crippen molar-refractivity contribution in [3.8, 4) is 0 Å². The van der Waals surface area contributed by atoms with Crippen molar-refractivity contribution in [1.82, 2.24) is 0 Å². The Balaban J connectivity index is 0. The standard InChI is InChI=1S/H2O.H2S.Tb.Ti/h2*1H2;;. The molecule has 2 N–H and O–H groups in total. The van der Waals surface area contributed by atoms with Gasteiger partial charge in [0.25, 0.3) is 0 Å². The van der Waals surface area contributed by atoms with Gasteiger partial charge in [-0.05, 0) is 0 Å². The monoisotopic (exact) mass is 259 g/mol. The van der Waals surface area contributed by atoms with Crippen molar-refractivity contribution >= 4 is 13.5 Å². The van der Waals surface area contributed by atoms with E-state index < -0.39 is 0 Å². The number of hydrogen-bond donors (Lipinski definition) is 0. The van der Waals surface area contributed by atoms with Crippen molar-refractivity contribution in [1.29, 1.82) is 0 Å². The van der Waals surface area contributed by atoms with E-state index in [2.05, 4.69) is 0 Å². The van der Waals surface area contributed by atoms with E-state index in [0.29, 0.717) is 0 Å². The molecule has 0 saturated heterocycles. The molecule has 1 nitrogen and oxygen atoms in total. The minimum atomic E-state index is 0. The summed E-state index contributed by atoms with van der Waals surface area (Å²) < 4.78 is 0. The first-order valence-corrected chi connectivity index (χ1v) is 0. The molecule has 29 valence electrons. The third-order valence-electron chi connectivity index (χ3n) is 0. The minimum absolute atomic E-state index is 0. The molecule has 0 aliphatic heterocycles. The van der Waals surface area contributed by atoms with E-state index in [1.54, 1.807) is 0 Å². The molecule has 0 unspecified atom stereocenters. The predicted octanol–water partition coefficient (Wildman–Crippen LogP) is -0.714. The zero-order valence-electron chi connectivity index (χ0n) is 1.83. The van der Waals surface area contributed by atoms with E-state index >= 15 is 0 Å². The summed E-state index contributed by atoms with van der Waals surface area (Å²) in [5, 5.41) is 0. The van der Waals surface area contributed by atoms with Crippen LogP contribution in [0.4, 0.5) is 0 Å². The van der Waals surface area contributed by atoms with Gasteiger partial charge in [0.15, 0.2) is 0 Å². The molecule has 0 bridgehead atoms. The van der Waals surface area contributed by atoms with Gasteiger partial charge in [-0.25, -0.2) is 0 Å². The first-order valence-electron chi connectivity index (χ1n) is 0. The van der Waals surface area contributed by atoms with Crippen LogP contribution in [0.5, 0.6) is 0 Å². The van der Waals surface area contributed by atoms with Gasteiger partial charge < -0.3 is 5.48 Å². The van der Waals surface area contributed by atoms with E-state index in [1.165, 1.54) is 0 Å². The third-order valence-corrected chi connectivity index (χ3v) is 0. The van der Waals surface area contributed by atoms with Crippen LogP contribution in [0.2, 0.25) is 0 Å². The third kappa shape index (κ3) is 8.85. The number of hydrogen-bond acceptors (Lipinski definition) is 0. The molecule has 0 aromatic rings. The first-order chi connectivity index (χ1) is 0. The molecule has 0 amide bonds. The molecule has 0 saturated carbocycles. The Kier molecular flexibility index (Phi) is 154. The minimum Gasteiger partial charge on any atom is -0.412 e. The Hall–Kier alpha value is 2.31. The molecule has 0 atom stereocenters. The molecular formula is H4OSTbTi. The van der Waals surface area contributed by atoms with Crippen LogP contribution in [0.25, 0.3) is 0 Å². The van der Waals surface area contributed by atoms with Crippen LogP contribution in [-0.2, 0) is 21.7 Å². The molecule has 0 fully saturated rings. The molecule has 1 radical (unpaired) electrons.